The maximum absolute atomic E-state index is 12.0. The van der Waals surface area contributed by atoms with Crippen LogP contribution in [0.1, 0.15) is 25.8 Å². The van der Waals surface area contributed by atoms with Gasteiger partial charge in [-0.1, -0.05) is 23.7 Å². The van der Waals surface area contributed by atoms with Crippen molar-refractivity contribution >= 4 is 35.2 Å². The predicted octanol–water partition coefficient (Wildman–Crippen LogP) is 4.43. The van der Waals surface area contributed by atoms with Gasteiger partial charge in [-0.2, -0.15) is 0 Å². The number of halogens is 1. The summed E-state index contributed by atoms with van der Waals surface area (Å²) in [4.78, 5) is 28.9. The highest BCUT2D eigenvalue weighted by molar-refractivity contribution is 6.30. The first kappa shape index (κ1) is 20.9. The second-order valence-electron chi connectivity index (χ2n) is 7.24. The van der Waals surface area contributed by atoms with Crippen LogP contribution in [0.5, 0.6) is 0 Å². The number of aryl methyl sites for hydroxylation is 1. The first-order valence-electron chi connectivity index (χ1n) is 9.19. The molecule has 2 heterocycles. The summed E-state index contributed by atoms with van der Waals surface area (Å²) in [5, 5.41) is 15.3. The van der Waals surface area contributed by atoms with Crippen molar-refractivity contribution in [3.63, 3.8) is 0 Å². The molecule has 0 unspecified atom stereocenters. The van der Waals surface area contributed by atoms with E-state index in [9.17, 15) is 14.7 Å². The Labute approximate surface area is 173 Å². The van der Waals surface area contributed by atoms with E-state index in [-0.39, 0.29) is 6.04 Å². The summed E-state index contributed by atoms with van der Waals surface area (Å²) in [5.74, 6) is 0.396. The van der Waals surface area contributed by atoms with Crippen LogP contribution in [0.3, 0.4) is 0 Å². The number of benzene rings is 1. The maximum atomic E-state index is 12.0. The predicted molar refractivity (Wildman–Crippen MR) is 110 cm³/mol. The highest BCUT2D eigenvalue weighted by Gasteiger charge is 2.43. The number of carbonyl (C=O) groups excluding carboxylic acids is 1. The monoisotopic (exact) mass is 418 g/mol. The molecule has 9 heteroatoms. The number of nitrogens with one attached hydrogen (secondary N) is 2. The van der Waals surface area contributed by atoms with Crippen LogP contribution in [0.15, 0.2) is 42.6 Å². The van der Waals surface area contributed by atoms with Gasteiger partial charge in [0.05, 0.1) is 17.7 Å². The third-order valence-electron chi connectivity index (χ3n) is 4.73. The summed E-state index contributed by atoms with van der Waals surface area (Å²) >= 11 is 5.77. The average molecular weight is 419 g/mol. The number of ether oxygens (including phenoxy) is 1. The van der Waals surface area contributed by atoms with Gasteiger partial charge < -0.3 is 15.2 Å². The fraction of sp³-hybridized carbons (Fsp3) is 0.350. The smallest absolute Gasteiger partial charge is 0.409 e. The molecule has 1 aromatic carbocycles. The van der Waals surface area contributed by atoms with Gasteiger partial charge in [-0.25, -0.2) is 14.6 Å². The Morgan fingerprint density at radius 3 is 2.59 bits per heavy atom. The Hall–Kier alpha value is -2.84. The van der Waals surface area contributed by atoms with Gasteiger partial charge in [-0.3, -0.25) is 10.2 Å². The minimum atomic E-state index is -0.974. The number of urea groups is 1. The largest absolute Gasteiger partial charge is 0.465 e. The second kappa shape index (κ2) is 8.67. The molecule has 2 aromatic rings. The molecule has 1 saturated heterocycles. The molecule has 1 aliphatic heterocycles. The van der Waals surface area contributed by atoms with Crippen LogP contribution in [0, 0.1) is 0 Å². The van der Waals surface area contributed by atoms with Crippen molar-refractivity contribution in [1.82, 2.24) is 9.88 Å². The molecule has 0 aliphatic carbocycles. The van der Waals surface area contributed by atoms with Crippen molar-refractivity contribution in [2.45, 2.75) is 38.5 Å². The van der Waals surface area contributed by atoms with Gasteiger partial charge in [0.15, 0.2) is 0 Å². The normalized spacial score (nSPS) is 17.8. The summed E-state index contributed by atoms with van der Waals surface area (Å²) < 4.78 is 5.61. The number of aromatic nitrogens is 1. The molecule has 1 fully saturated rings. The van der Waals surface area contributed by atoms with E-state index in [1.165, 1.54) is 11.1 Å². The molecule has 3 N–H and O–H groups in total. The second-order valence-corrected chi connectivity index (χ2v) is 7.68. The van der Waals surface area contributed by atoms with E-state index >= 15 is 0 Å². The van der Waals surface area contributed by atoms with Crippen LogP contribution in [-0.2, 0) is 11.2 Å². The van der Waals surface area contributed by atoms with E-state index in [1.54, 1.807) is 38.1 Å². The van der Waals surface area contributed by atoms with Crippen LogP contribution in [0.2, 0.25) is 5.02 Å². The van der Waals surface area contributed by atoms with Crippen molar-refractivity contribution in [3.8, 4) is 0 Å². The van der Waals surface area contributed by atoms with Gasteiger partial charge in [-0.05, 0) is 56.5 Å². The molecule has 3 amide bonds. The third-order valence-corrected chi connectivity index (χ3v) is 4.95. The number of hydrogen-bond acceptors (Lipinski definition) is 4. The lowest BCUT2D eigenvalue weighted by molar-refractivity contribution is -0.0421. The van der Waals surface area contributed by atoms with E-state index in [1.807, 2.05) is 12.1 Å². The van der Waals surface area contributed by atoms with E-state index < -0.39 is 17.8 Å². The van der Waals surface area contributed by atoms with Crippen LogP contribution >= 0.6 is 11.6 Å². The van der Waals surface area contributed by atoms with Crippen molar-refractivity contribution < 1.29 is 19.4 Å². The summed E-state index contributed by atoms with van der Waals surface area (Å²) in [6.45, 7) is 3.90. The van der Waals surface area contributed by atoms with Gasteiger partial charge in [0.2, 0.25) is 0 Å². The van der Waals surface area contributed by atoms with Gasteiger partial charge in [0.25, 0.3) is 0 Å². The van der Waals surface area contributed by atoms with Gasteiger partial charge in [-0.15, -0.1) is 0 Å². The van der Waals surface area contributed by atoms with Gasteiger partial charge >= 0.3 is 12.1 Å². The fourth-order valence-corrected chi connectivity index (χ4v) is 3.41. The number of nitrogens with zero attached hydrogens (tertiary/aromatic N) is 2. The fourth-order valence-electron chi connectivity index (χ4n) is 3.30. The number of amides is 3. The zero-order valence-electron chi connectivity index (χ0n) is 16.2. The molecule has 1 atom stereocenters. The minimum absolute atomic E-state index is 0.182. The van der Waals surface area contributed by atoms with Gasteiger partial charge in [0, 0.05) is 11.9 Å². The summed E-state index contributed by atoms with van der Waals surface area (Å²) in [6, 6.07) is 10.1. The van der Waals surface area contributed by atoms with Crippen molar-refractivity contribution in [3.05, 3.63) is 53.2 Å². The number of anilines is 2. The first-order valence-corrected chi connectivity index (χ1v) is 9.57. The van der Waals surface area contributed by atoms with Crippen molar-refractivity contribution in [1.29, 1.82) is 0 Å². The van der Waals surface area contributed by atoms with Gasteiger partial charge in [0.1, 0.15) is 11.5 Å². The topological polar surface area (TPSA) is 104 Å². The molecule has 0 bridgehead atoms. The molecule has 0 radical (unpaired) electrons. The molecule has 154 valence electrons. The van der Waals surface area contributed by atoms with E-state index in [4.69, 9.17) is 16.3 Å². The third kappa shape index (κ3) is 5.36. The number of carbonyl (C=O) groups is 2. The molecule has 1 aromatic heterocycles. The Morgan fingerprint density at radius 1 is 1.24 bits per heavy atom. The molecule has 3 rings (SSSR count). The van der Waals surface area contributed by atoms with Crippen LogP contribution in [0.4, 0.5) is 21.1 Å². The average Bonchev–Trinajstić information content (AvgIpc) is 2.97. The molecule has 29 heavy (non-hydrogen) atoms. The molecular formula is C20H23ClN4O4. The maximum Gasteiger partial charge on any atom is 0.409 e. The zero-order chi connectivity index (χ0) is 21.0. The van der Waals surface area contributed by atoms with Crippen molar-refractivity contribution in [2.24, 2.45) is 0 Å². The number of pyridine rings is 1. The molecule has 0 saturated carbocycles. The summed E-state index contributed by atoms with van der Waals surface area (Å²) in [5.41, 5.74) is 0.874. The Balaban J connectivity index is 1.52. The highest BCUT2D eigenvalue weighted by atomic mass is 35.5. The summed E-state index contributed by atoms with van der Waals surface area (Å²) in [7, 11) is 0. The van der Waals surface area contributed by atoms with Crippen LogP contribution < -0.4 is 10.6 Å². The van der Waals surface area contributed by atoms with Crippen LogP contribution in [0.25, 0.3) is 0 Å². The molecular weight excluding hydrogens is 396 g/mol. The standard InChI is InChI=1S/C20H23ClN4O4/c1-20(2)25(19(27)28)16(12-29-20)9-5-13-3-7-15(8-4-13)23-18(26)24-17-10-6-14(21)11-22-17/h3-4,6-8,10-11,16H,5,9,12H2,1-2H3,(H,27,28)(H2,22,23,24,26)/t16-/m0/s1. The lowest BCUT2D eigenvalue weighted by Gasteiger charge is -2.30. The lowest BCUT2D eigenvalue weighted by Crippen LogP contribution is -2.47. The molecule has 1 aliphatic rings. The minimum Gasteiger partial charge on any atom is -0.465 e. The Morgan fingerprint density at radius 2 is 1.97 bits per heavy atom. The van der Waals surface area contributed by atoms with Crippen LogP contribution in [-0.4, -0.2) is 45.5 Å². The van der Waals surface area contributed by atoms with Crippen molar-refractivity contribution in [2.75, 3.05) is 17.2 Å². The number of hydrogen-bond donors (Lipinski definition) is 3. The molecule has 8 nitrogen and oxygen atoms in total. The lowest BCUT2D eigenvalue weighted by atomic mass is 10.0. The number of rotatable bonds is 5. The van der Waals surface area contributed by atoms with E-state index in [2.05, 4.69) is 15.6 Å². The Kier molecular flexibility index (Phi) is 6.24. The highest BCUT2D eigenvalue weighted by Crippen LogP contribution is 2.29. The zero-order valence-corrected chi connectivity index (χ0v) is 16.9. The van der Waals surface area contributed by atoms with E-state index in [0.717, 1.165) is 5.56 Å². The summed E-state index contributed by atoms with van der Waals surface area (Å²) in [6.07, 6.45) is 1.84. The Bertz CT molecular complexity index is 871. The SMILES string of the molecule is CC1(C)OC[C@H](CCc2ccc(NC(=O)Nc3ccc(Cl)cn3)cc2)N1C(=O)O. The molecule has 0 spiro atoms. The quantitative estimate of drug-likeness (QED) is 0.666. The number of carboxylic acid groups (broad SMARTS) is 1. The first-order chi connectivity index (χ1) is 13.7. The van der Waals surface area contributed by atoms with E-state index in [0.29, 0.717) is 36.0 Å².